The fourth-order valence-electron chi connectivity index (χ4n) is 1.97. The van der Waals surface area contributed by atoms with Crippen LogP contribution in [0.15, 0.2) is 0 Å². The van der Waals surface area contributed by atoms with Gasteiger partial charge in [-0.1, -0.05) is 27.7 Å². The number of nitrogens with zero attached hydrogens (tertiary/aromatic N) is 2. The summed E-state index contributed by atoms with van der Waals surface area (Å²) in [6, 6.07) is 0. The molecule has 0 aliphatic carbocycles. The lowest BCUT2D eigenvalue weighted by atomic mass is 10.0. The summed E-state index contributed by atoms with van der Waals surface area (Å²) < 4.78 is 0. The summed E-state index contributed by atoms with van der Waals surface area (Å²) in [5.41, 5.74) is 6.24. The standard InChI is InChI=1S/C12H29N3/c1-6-14(7-2)10-12(5,13)11-15(8-3)9-4/h6-11,13H2,1-5H3. The molecule has 92 valence electrons. The molecule has 0 aromatic rings. The lowest BCUT2D eigenvalue weighted by Crippen LogP contribution is -2.55. The van der Waals surface area contributed by atoms with E-state index in [2.05, 4.69) is 44.4 Å². The molecule has 3 heteroatoms. The van der Waals surface area contributed by atoms with Gasteiger partial charge in [-0.3, -0.25) is 0 Å². The van der Waals surface area contributed by atoms with Crippen LogP contribution in [0, 0.1) is 0 Å². The van der Waals surface area contributed by atoms with Crippen LogP contribution in [0.3, 0.4) is 0 Å². The van der Waals surface area contributed by atoms with Crippen molar-refractivity contribution >= 4 is 0 Å². The Morgan fingerprint density at radius 1 is 0.800 bits per heavy atom. The van der Waals surface area contributed by atoms with Crippen molar-refractivity contribution in [2.45, 2.75) is 40.2 Å². The van der Waals surface area contributed by atoms with Crippen LogP contribution in [0.4, 0.5) is 0 Å². The minimum absolute atomic E-state index is 0.0992. The Labute approximate surface area is 95.6 Å². The van der Waals surface area contributed by atoms with Gasteiger partial charge in [-0.25, -0.2) is 0 Å². The second kappa shape index (κ2) is 7.20. The van der Waals surface area contributed by atoms with Crippen molar-refractivity contribution in [2.24, 2.45) is 5.73 Å². The van der Waals surface area contributed by atoms with E-state index in [1.807, 2.05) is 0 Å². The lowest BCUT2D eigenvalue weighted by molar-refractivity contribution is 0.176. The quantitative estimate of drug-likeness (QED) is 0.664. The summed E-state index contributed by atoms with van der Waals surface area (Å²) in [4.78, 5) is 4.78. The van der Waals surface area contributed by atoms with Crippen molar-refractivity contribution < 1.29 is 0 Å². The highest BCUT2D eigenvalue weighted by atomic mass is 15.2. The van der Waals surface area contributed by atoms with Crippen molar-refractivity contribution in [3.63, 3.8) is 0 Å². The Kier molecular flexibility index (Phi) is 7.14. The number of hydrogen-bond donors (Lipinski definition) is 1. The van der Waals surface area contributed by atoms with Crippen molar-refractivity contribution in [3.05, 3.63) is 0 Å². The van der Waals surface area contributed by atoms with E-state index < -0.39 is 0 Å². The second-order valence-electron chi connectivity index (χ2n) is 4.58. The van der Waals surface area contributed by atoms with Crippen molar-refractivity contribution in [3.8, 4) is 0 Å². The molecule has 15 heavy (non-hydrogen) atoms. The fourth-order valence-corrected chi connectivity index (χ4v) is 1.97. The zero-order chi connectivity index (χ0) is 11.9. The lowest BCUT2D eigenvalue weighted by Gasteiger charge is -2.35. The van der Waals surface area contributed by atoms with Gasteiger partial charge in [-0.2, -0.15) is 0 Å². The summed E-state index contributed by atoms with van der Waals surface area (Å²) in [5, 5.41) is 0. The summed E-state index contributed by atoms with van der Waals surface area (Å²) in [6.07, 6.45) is 0. The van der Waals surface area contributed by atoms with Gasteiger partial charge in [0.25, 0.3) is 0 Å². The first-order chi connectivity index (χ1) is 6.99. The average Bonchev–Trinajstić information content (AvgIpc) is 2.22. The Morgan fingerprint density at radius 3 is 1.27 bits per heavy atom. The zero-order valence-electron chi connectivity index (χ0n) is 11.2. The van der Waals surface area contributed by atoms with Gasteiger partial charge in [0.1, 0.15) is 0 Å². The van der Waals surface area contributed by atoms with Crippen LogP contribution in [-0.2, 0) is 0 Å². The molecule has 0 amide bonds. The molecule has 0 rings (SSSR count). The minimum Gasteiger partial charge on any atom is -0.323 e. The van der Waals surface area contributed by atoms with Crippen molar-refractivity contribution in [1.82, 2.24) is 9.80 Å². The van der Waals surface area contributed by atoms with Crippen LogP contribution < -0.4 is 5.73 Å². The second-order valence-corrected chi connectivity index (χ2v) is 4.58. The van der Waals surface area contributed by atoms with Gasteiger partial charge in [-0.05, 0) is 33.1 Å². The largest absolute Gasteiger partial charge is 0.323 e. The van der Waals surface area contributed by atoms with Crippen LogP contribution in [-0.4, -0.2) is 54.6 Å². The van der Waals surface area contributed by atoms with Crippen molar-refractivity contribution in [1.29, 1.82) is 0 Å². The van der Waals surface area contributed by atoms with Gasteiger partial charge in [0.05, 0.1) is 0 Å². The monoisotopic (exact) mass is 215 g/mol. The number of hydrogen-bond acceptors (Lipinski definition) is 3. The van der Waals surface area contributed by atoms with Gasteiger partial charge in [0.2, 0.25) is 0 Å². The number of likely N-dealkylation sites (N-methyl/N-ethyl adjacent to an activating group) is 2. The average molecular weight is 215 g/mol. The molecule has 3 nitrogen and oxygen atoms in total. The number of nitrogens with two attached hydrogens (primary N) is 1. The molecule has 0 heterocycles. The zero-order valence-corrected chi connectivity index (χ0v) is 11.2. The SMILES string of the molecule is CCN(CC)CC(C)(N)CN(CC)CC. The molecule has 0 spiro atoms. The summed E-state index contributed by atoms with van der Waals surface area (Å²) in [6.45, 7) is 17.2. The molecule has 0 fully saturated rings. The molecule has 0 aromatic heterocycles. The molecule has 0 radical (unpaired) electrons. The van der Waals surface area contributed by atoms with Crippen molar-refractivity contribution in [2.75, 3.05) is 39.3 Å². The molecular weight excluding hydrogens is 186 g/mol. The predicted molar refractivity (Wildman–Crippen MR) is 68.2 cm³/mol. The van der Waals surface area contributed by atoms with Crippen LogP contribution in [0.5, 0.6) is 0 Å². The first kappa shape index (κ1) is 14.9. The molecule has 0 aliphatic heterocycles. The third kappa shape index (κ3) is 6.13. The summed E-state index contributed by atoms with van der Waals surface area (Å²) in [5.74, 6) is 0. The first-order valence-corrected chi connectivity index (χ1v) is 6.22. The van der Waals surface area contributed by atoms with E-state index in [9.17, 15) is 0 Å². The topological polar surface area (TPSA) is 32.5 Å². The maximum absolute atomic E-state index is 6.34. The summed E-state index contributed by atoms with van der Waals surface area (Å²) >= 11 is 0. The third-order valence-electron chi connectivity index (χ3n) is 2.96. The van der Waals surface area contributed by atoms with Crippen LogP contribution in [0.2, 0.25) is 0 Å². The van der Waals surface area contributed by atoms with Gasteiger partial charge in [-0.15, -0.1) is 0 Å². The highest BCUT2D eigenvalue weighted by molar-refractivity contribution is 4.85. The highest BCUT2D eigenvalue weighted by Crippen LogP contribution is 2.06. The van der Waals surface area contributed by atoms with E-state index in [4.69, 9.17) is 5.73 Å². The predicted octanol–water partition coefficient (Wildman–Crippen LogP) is 1.39. The Morgan fingerprint density at radius 2 is 1.07 bits per heavy atom. The van der Waals surface area contributed by atoms with E-state index >= 15 is 0 Å². The molecule has 0 unspecified atom stereocenters. The third-order valence-corrected chi connectivity index (χ3v) is 2.96. The Bertz CT molecular complexity index is 133. The van der Waals surface area contributed by atoms with Crippen LogP contribution >= 0.6 is 0 Å². The number of rotatable bonds is 8. The summed E-state index contributed by atoms with van der Waals surface area (Å²) in [7, 11) is 0. The Balaban J connectivity index is 4.14. The van der Waals surface area contributed by atoms with Gasteiger partial charge in [0, 0.05) is 18.6 Å². The molecular formula is C12H29N3. The molecule has 0 aliphatic rings. The molecule has 0 bridgehead atoms. The van der Waals surface area contributed by atoms with E-state index in [0.717, 1.165) is 39.3 Å². The maximum atomic E-state index is 6.34. The Hall–Kier alpha value is -0.120. The van der Waals surface area contributed by atoms with Gasteiger partial charge >= 0.3 is 0 Å². The first-order valence-electron chi connectivity index (χ1n) is 6.22. The van der Waals surface area contributed by atoms with E-state index in [1.54, 1.807) is 0 Å². The fraction of sp³-hybridized carbons (Fsp3) is 1.00. The molecule has 0 aromatic carbocycles. The minimum atomic E-state index is -0.0992. The van der Waals surface area contributed by atoms with E-state index in [1.165, 1.54) is 0 Å². The normalized spacial score (nSPS) is 12.8. The maximum Gasteiger partial charge on any atom is 0.0383 e. The molecule has 0 saturated heterocycles. The molecule has 0 atom stereocenters. The molecule has 2 N–H and O–H groups in total. The van der Waals surface area contributed by atoms with Gasteiger partial charge in [0.15, 0.2) is 0 Å². The van der Waals surface area contributed by atoms with E-state index in [-0.39, 0.29) is 5.54 Å². The smallest absolute Gasteiger partial charge is 0.0383 e. The molecule has 0 saturated carbocycles. The van der Waals surface area contributed by atoms with E-state index in [0.29, 0.717) is 0 Å². The van der Waals surface area contributed by atoms with Crippen LogP contribution in [0.1, 0.15) is 34.6 Å². The van der Waals surface area contributed by atoms with Crippen LogP contribution in [0.25, 0.3) is 0 Å². The highest BCUT2D eigenvalue weighted by Gasteiger charge is 2.23. The van der Waals surface area contributed by atoms with Gasteiger partial charge < -0.3 is 15.5 Å².